The summed E-state index contributed by atoms with van der Waals surface area (Å²) >= 11 is 15.0. The van der Waals surface area contributed by atoms with E-state index in [9.17, 15) is 4.79 Å². The van der Waals surface area contributed by atoms with Gasteiger partial charge in [-0.15, -0.1) is 0 Å². The number of hydrogen-bond donors (Lipinski definition) is 0. The molecule has 128 valence electrons. The Kier molecular flexibility index (Phi) is 6.55. The van der Waals surface area contributed by atoms with Crippen LogP contribution in [0.2, 0.25) is 10.0 Å². The Morgan fingerprint density at radius 3 is 1.96 bits per heavy atom. The van der Waals surface area contributed by atoms with Crippen LogP contribution < -0.4 is 9.47 Å². The molecule has 0 N–H and O–H groups in total. The lowest BCUT2D eigenvalue weighted by Gasteiger charge is -2.26. The van der Waals surface area contributed by atoms with Crippen molar-refractivity contribution in [3.63, 3.8) is 0 Å². The Morgan fingerprint density at radius 2 is 1.46 bits per heavy atom. The molecule has 0 aliphatic heterocycles. The molecule has 0 aliphatic rings. The van der Waals surface area contributed by atoms with Gasteiger partial charge in [-0.05, 0) is 78.3 Å². The van der Waals surface area contributed by atoms with Crippen molar-refractivity contribution in [2.24, 2.45) is 5.41 Å². The first-order valence-electron chi connectivity index (χ1n) is 7.27. The summed E-state index contributed by atoms with van der Waals surface area (Å²) < 4.78 is 11.3. The molecule has 0 bridgehead atoms. The van der Waals surface area contributed by atoms with Gasteiger partial charge in [-0.3, -0.25) is 4.79 Å². The molecule has 0 amide bonds. The maximum Gasteiger partial charge on any atom is 0.211 e. The molecule has 3 nitrogen and oxygen atoms in total. The summed E-state index contributed by atoms with van der Waals surface area (Å²) in [6, 6.07) is 13.8. The number of benzene rings is 2. The SMILES string of the molecule is CC(C)(COc1ccc(Cl)cc1)C(=O)C(Br)Oc1ccc(Cl)cc1. The van der Waals surface area contributed by atoms with E-state index in [1.54, 1.807) is 48.5 Å². The van der Waals surface area contributed by atoms with E-state index in [1.807, 2.05) is 13.8 Å². The van der Waals surface area contributed by atoms with Gasteiger partial charge in [0.2, 0.25) is 5.01 Å². The monoisotopic (exact) mass is 430 g/mol. The van der Waals surface area contributed by atoms with Gasteiger partial charge in [-0.25, -0.2) is 0 Å². The molecule has 0 radical (unpaired) electrons. The summed E-state index contributed by atoms with van der Waals surface area (Å²) in [6.45, 7) is 3.84. The topological polar surface area (TPSA) is 35.5 Å². The Balaban J connectivity index is 1.95. The number of rotatable bonds is 7. The lowest BCUT2D eigenvalue weighted by atomic mass is 9.89. The number of alkyl halides is 1. The van der Waals surface area contributed by atoms with Crippen LogP contribution in [0, 0.1) is 5.41 Å². The second kappa shape index (κ2) is 8.24. The highest BCUT2D eigenvalue weighted by Crippen LogP contribution is 2.27. The molecule has 0 saturated carbocycles. The summed E-state index contributed by atoms with van der Waals surface area (Å²) in [4.78, 5) is 12.6. The van der Waals surface area contributed by atoms with Crippen molar-refractivity contribution < 1.29 is 14.3 Å². The molecule has 2 rings (SSSR count). The van der Waals surface area contributed by atoms with Gasteiger partial charge in [0.1, 0.15) is 18.1 Å². The number of carbonyl (C=O) groups is 1. The minimum absolute atomic E-state index is 0.119. The Bertz CT molecular complexity index is 684. The fraction of sp³-hybridized carbons (Fsp3) is 0.278. The van der Waals surface area contributed by atoms with Gasteiger partial charge in [-0.1, -0.05) is 23.2 Å². The van der Waals surface area contributed by atoms with Gasteiger partial charge < -0.3 is 9.47 Å². The van der Waals surface area contributed by atoms with E-state index in [4.69, 9.17) is 32.7 Å². The third-order valence-corrected chi connectivity index (χ3v) is 4.45. The first-order valence-corrected chi connectivity index (χ1v) is 8.94. The molecule has 0 fully saturated rings. The van der Waals surface area contributed by atoms with E-state index in [-0.39, 0.29) is 12.4 Å². The quantitative estimate of drug-likeness (QED) is 0.522. The van der Waals surface area contributed by atoms with E-state index in [0.717, 1.165) is 0 Å². The maximum atomic E-state index is 12.6. The third kappa shape index (κ3) is 5.40. The molecule has 0 aliphatic carbocycles. The third-order valence-electron chi connectivity index (χ3n) is 3.34. The highest BCUT2D eigenvalue weighted by molar-refractivity contribution is 9.09. The van der Waals surface area contributed by atoms with Crippen LogP contribution in [0.3, 0.4) is 0 Å². The van der Waals surface area contributed by atoms with Gasteiger partial charge in [0, 0.05) is 10.0 Å². The largest absolute Gasteiger partial charge is 0.493 e. The highest BCUT2D eigenvalue weighted by Gasteiger charge is 2.34. The smallest absolute Gasteiger partial charge is 0.211 e. The second-order valence-corrected chi connectivity index (χ2v) is 7.58. The summed E-state index contributed by atoms with van der Waals surface area (Å²) in [5, 5.41) is 0.466. The number of hydrogen-bond acceptors (Lipinski definition) is 3. The van der Waals surface area contributed by atoms with E-state index in [1.165, 1.54) is 0 Å². The van der Waals surface area contributed by atoms with E-state index in [2.05, 4.69) is 15.9 Å². The number of carbonyl (C=O) groups excluding carboxylic acids is 1. The average Bonchev–Trinajstić information content (AvgIpc) is 2.55. The van der Waals surface area contributed by atoms with E-state index >= 15 is 0 Å². The summed E-state index contributed by atoms with van der Waals surface area (Å²) in [7, 11) is 0. The van der Waals surface area contributed by atoms with E-state index in [0.29, 0.717) is 21.5 Å². The molecule has 1 unspecified atom stereocenters. The van der Waals surface area contributed by atoms with Gasteiger partial charge >= 0.3 is 0 Å². The first kappa shape index (κ1) is 19.1. The van der Waals surface area contributed by atoms with Gasteiger partial charge in [0.25, 0.3) is 0 Å². The molecule has 0 heterocycles. The molecule has 2 aromatic rings. The second-order valence-electron chi connectivity index (χ2n) is 5.88. The van der Waals surface area contributed by atoms with Crippen LogP contribution in [0.5, 0.6) is 11.5 Å². The fourth-order valence-electron chi connectivity index (χ4n) is 1.86. The van der Waals surface area contributed by atoms with Crippen LogP contribution in [0.15, 0.2) is 48.5 Å². The van der Waals surface area contributed by atoms with Crippen LogP contribution >= 0.6 is 39.1 Å². The molecular weight excluding hydrogens is 415 g/mol. The fourth-order valence-corrected chi connectivity index (χ4v) is 2.95. The predicted octanol–water partition coefficient (Wildman–Crippen LogP) is 5.77. The van der Waals surface area contributed by atoms with Crippen molar-refractivity contribution in [3.8, 4) is 11.5 Å². The zero-order valence-electron chi connectivity index (χ0n) is 13.3. The van der Waals surface area contributed by atoms with Crippen molar-refractivity contribution in [3.05, 3.63) is 58.6 Å². The maximum absolute atomic E-state index is 12.6. The standard InChI is InChI=1S/C18H17BrCl2O3/c1-18(2,11-23-14-7-3-12(20)4-8-14)16(22)17(19)24-15-9-5-13(21)6-10-15/h3-10,17H,11H2,1-2H3. The van der Waals surface area contributed by atoms with Crippen LogP contribution in [0.1, 0.15) is 13.8 Å². The number of ketones is 1. The summed E-state index contributed by atoms with van der Waals surface area (Å²) in [6.07, 6.45) is 0. The Hall–Kier alpha value is -1.23. The molecular formula is C18H17BrCl2O3. The number of halogens is 3. The Labute approximate surface area is 160 Å². The van der Waals surface area contributed by atoms with Crippen LogP contribution in [-0.4, -0.2) is 17.4 Å². The summed E-state index contributed by atoms with van der Waals surface area (Å²) in [5.74, 6) is 1.10. The van der Waals surface area contributed by atoms with Crippen molar-refractivity contribution in [1.29, 1.82) is 0 Å². The molecule has 0 aromatic heterocycles. The predicted molar refractivity (Wildman–Crippen MR) is 101 cm³/mol. The zero-order chi connectivity index (χ0) is 17.7. The molecule has 2 aromatic carbocycles. The number of ether oxygens (including phenoxy) is 2. The molecule has 0 spiro atoms. The number of Topliss-reactive ketones (excluding diaryl/α,β-unsaturated/α-hetero) is 1. The van der Waals surface area contributed by atoms with Crippen molar-refractivity contribution in [2.75, 3.05) is 6.61 Å². The molecule has 0 saturated heterocycles. The van der Waals surface area contributed by atoms with E-state index < -0.39 is 10.4 Å². The first-order chi connectivity index (χ1) is 11.3. The lowest BCUT2D eigenvalue weighted by Crippen LogP contribution is -2.38. The average molecular weight is 432 g/mol. The molecule has 6 heteroatoms. The molecule has 24 heavy (non-hydrogen) atoms. The minimum atomic E-state index is -0.775. The van der Waals surface area contributed by atoms with Crippen LogP contribution in [0.4, 0.5) is 0 Å². The highest BCUT2D eigenvalue weighted by atomic mass is 79.9. The molecule has 1 atom stereocenters. The van der Waals surface area contributed by atoms with Crippen molar-refractivity contribution in [1.82, 2.24) is 0 Å². The van der Waals surface area contributed by atoms with Crippen LogP contribution in [0.25, 0.3) is 0 Å². The van der Waals surface area contributed by atoms with Gasteiger partial charge in [0.05, 0.1) is 5.41 Å². The zero-order valence-corrected chi connectivity index (χ0v) is 16.4. The normalized spacial score (nSPS) is 12.5. The lowest BCUT2D eigenvalue weighted by molar-refractivity contribution is -0.131. The van der Waals surface area contributed by atoms with Crippen LogP contribution in [-0.2, 0) is 4.79 Å². The van der Waals surface area contributed by atoms with Gasteiger partial charge in [0.15, 0.2) is 5.78 Å². The summed E-state index contributed by atoms with van der Waals surface area (Å²) in [5.41, 5.74) is -0.736. The van der Waals surface area contributed by atoms with Gasteiger partial charge in [-0.2, -0.15) is 0 Å². The minimum Gasteiger partial charge on any atom is -0.493 e. The van der Waals surface area contributed by atoms with Crippen molar-refractivity contribution >= 4 is 44.9 Å². The Morgan fingerprint density at radius 1 is 1.00 bits per heavy atom. The van der Waals surface area contributed by atoms with Crippen molar-refractivity contribution in [2.45, 2.75) is 18.9 Å².